The summed E-state index contributed by atoms with van der Waals surface area (Å²) in [6, 6.07) is 0. The van der Waals surface area contributed by atoms with Crippen molar-refractivity contribution in [3.05, 3.63) is 0 Å². The first-order valence-corrected chi connectivity index (χ1v) is 2.46. The van der Waals surface area contributed by atoms with Crippen molar-refractivity contribution in [1.82, 2.24) is 4.90 Å². The molecule has 2 heteroatoms. The van der Waals surface area contributed by atoms with Crippen molar-refractivity contribution in [3.63, 3.8) is 0 Å². The molecule has 0 bridgehead atoms. The van der Waals surface area contributed by atoms with Crippen LogP contribution in [0, 0.1) is 0 Å². The number of nitrogens with zero attached hydrogens (tertiary/aromatic N) is 2. The zero-order valence-electron chi connectivity index (χ0n) is 5.52. The first-order chi connectivity index (χ1) is 3.88. The quantitative estimate of drug-likeness (QED) is 0.472. The number of hydrogen-bond acceptors (Lipinski definition) is 2. The van der Waals surface area contributed by atoms with Gasteiger partial charge in [0.15, 0.2) is 0 Å². The number of amidine groups is 1. The van der Waals surface area contributed by atoms with E-state index in [1.165, 1.54) is 0 Å². The molecule has 0 aromatic heterocycles. The van der Waals surface area contributed by atoms with Gasteiger partial charge in [-0.3, -0.25) is 4.99 Å². The minimum atomic E-state index is 0.368. The van der Waals surface area contributed by atoms with Gasteiger partial charge in [-0.1, -0.05) is 6.92 Å². The lowest BCUT2D eigenvalue weighted by Gasteiger charge is -2.26. The molecule has 1 rings (SSSR count). The summed E-state index contributed by atoms with van der Waals surface area (Å²) in [5.41, 5.74) is 0. The zero-order chi connectivity index (χ0) is 5.98. The van der Waals surface area contributed by atoms with E-state index < -0.39 is 0 Å². The van der Waals surface area contributed by atoms with Crippen LogP contribution in [0.15, 0.2) is 4.99 Å². The Morgan fingerprint density at radius 3 is 3.14 bits per heavy atom. The smallest absolute Gasteiger partial charge is 0.112 e. The maximum absolute atomic E-state index is 6.94. The van der Waals surface area contributed by atoms with Crippen molar-refractivity contribution in [2.45, 2.75) is 13.3 Å². The molecule has 0 spiro atoms. The van der Waals surface area contributed by atoms with E-state index in [0.29, 0.717) is 7.02 Å². The van der Waals surface area contributed by atoms with Crippen LogP contribution in [0.4, 0.5) is 0 Å². The van der Waals surface area contributed by atoms with Gasteiger partial charge in [0, 0.05) is 14.8 Å². The average Bonchev–Trinajstić information content (AvgIpc) is 1.66. The number of aliphatic imine (C=N–C) groups is 1. The highest BCUT2D eigenvalue weighted by atomic mass is 15.3. The molecule has 0 aromatic rings. The van der Waals surface area contributed by atoms with E-state index in [1.807, 2.05) is 4.90 Å². The van der Waals surface area contributed by atoms with Crippen LogP contribution < -0.4 is 0 Å². The summed E-state index contributed by atoms with van der Waals surface area (Å²) in [6.45, 7) is 2.80. The second-order valence-corrected chi connectivity index (χ2v) is 1.61. The van der Waals surface area contributed by atoms with Crippen LogP contribution in [0.2, 0.25) is 0 Å². The van der Waals surface area contributed by atoms with Gasteiger partial charge in [-0.25, -0.2) is 0 Å². The summed E-state index contributed by atoms with van der Waals surface area (Å²) in [5.74, 6) is 1.08. The minimum absolute atomic E-state index is 0.368. The van der Waals surface area contributed by atoms with Gasteiger partial charge in [0.05, 0.1) is 0 Å². The molecule has 0 aromatic carbocycles. The zero-order valence-corrected chi connectivity index (χ0v) is 4.52. The molecule has 0 fully saturated rings. The summed E-state index contributed by atoms with van der Waals surface area (Å²) >= 11 is 0. The van der Waals surface area contributed by atoms with Gasteiger partial charge >= 0.3 is 0 Å². The van der Waals surface area contributed by atoms with Gasteiger partial charge in [0.2, 0.25) is 0 Å². The fourth-order valence-electron chi connectivity index (χ4n) is 0.606. The molecule has 0 amide bonds. The molecular formula is C5H10N2. The van der Waals surface area contributed by atoms with Crippen LogP contribution in [0.5, 0.6) is 0 Å². The Hall–Kier alpha value is -0.530. The van der Waals surface area contributed by atoms with Crippen molar-refractivity contribution >= 4 is 5.84 Å². The third-order valence-electron chi connectivity index (χ3n) is 1.11. The van der Waals surface area contributed by atoms with Crippen molar-refractivity contribution in [2.24, 2.45) is 4.99 Å². The van der Waals surface area contributed by atoms with Gasteiger partial charge < -0.3 is 4.90 Å². The van der Waals surface area contributed by atoms with E-state index >= 15 is 0 Å². The average molecular weight is 99.2 g/mol. The Labute approximate surface area is 45.3 Å². The topological polar surface area (TPSA) is 15.6 Å². The van der Waals surface area contributed by atoms with Crippen molar-refractivity contribution in [2.75, 3.05) is 13.7 Å². The van der Waals surface area contributed by atoms with Gasteiger partial charge in [-0.2, -0.15) is 0 Å². The minimum Gasteiger partial charge on any atom is -0.344 e. The summed E-state index contributed by atoms with van der Waals surface area (Å²) in [6.07, 6.45) is 0.971. The van der Waals surface area contributed by atoms with E-state index in [4.69, 9.17) is 1.37 Å². The highest BCUT2D eigenvalue weighted by molar-refractivity contribution is 5.85. The van der Waals surface area contributed by atoms with Gasteiger partial charge in [0.25, 0.3) is 0 Å². The normalized spacial score (nSPS) is 20.4. The molecule has 0 unspecified atom stereocenters. The Balaban J connectivity index is 2.35. The Bertz CT molecular complexity index is 111. The van der Waals surface area contributed by atoms with Crippen LogP contribution in [0.25, 0.3) is 0 Å². The van der Waals surface area contributed by atoms with E-state index in [2.05, 4.69) is 11.9 Å². The Morgan fingerprint density at radius 1 is 2.14 bits per heavy atom. The molecule has 0 saturated carbocycles. The van der Waals surface area contributed by atoms with Crippen LogP contribution >= 0.6 is 0 Å². The SMILES string of the molecule is [2H]CN1CN=C1CC. The second-order valence-electron chi connectivity index (χ2n) is 1.61. The van der Waals surface area contributed by atoms with Crippen molar-refractivity contribution < 1.29 is 1.37 Å². The lowest BCUT2D eigenvalue weighted by atomic mass is 10.4. The fraction of sp³-hybridized carbons (Fsp3) is 0.800. The van der Waals surface area contributed by atoms with Crippen molar-refractivity contribution in [1.29, 1.82) is 0 Å². The van der Waals surface area contributed by atoms with E-state index in [9.17, 15) is 0 Å². The molecule has 1 aliphatic rings. The molecule has 0 atom stereocenters. The molecule has 0 radical (unpaired) electrons. The molecule has 40 valence electrons. The largest absolute Gasteiger partial charge is 0.344 e. The molecule has 0 N–H and O–H groups in total. The van der Waals surface area contributed by atoms with E-state index in [0.717, 1.165) is 18.9 Å². The molecule has 0 saturated heterocycles. The highest BCUT2D eigenvalue weighted by Crippen LogP contribution is 2.02. The standard InChI is InChI=1S/C5H10N2/c1-3-5-6-4-7(5)2/h3-4H2,1-2H3/i2D. The molecule has 0 aliphatic carbocycles. The van der Waals surface area contributed by atoms with Crippen LogP contribution in [-0.2, 0) is 0 Å². The predicted molar refractivity (Wildman–Crippen MR) is 30.4 cm³/mol. The lowest BCUT2D eigenvalue weighted by molar-refractivity contribution is 0.450. The van der Waals surface area contributed by atoms with Crippen molar-refractivity contribution in [3.8, 4) is 0 Å². The monoisotopic (exact) mass is 99.1 g/mol. The Kier molecular flexibility index (Phi) is 0.755. The lowest BCUT2D eigenvalue weighted by Crippen LogP contribution is -2.35. The van der Waals surface area contributed by atoms with Gasteiger partial charge in [0.1, 0.15) is 12.5 Å². The molecule has 1 heterocycles. The maximum Gasteiger partial charge on any atom is 0.112 e. The summed E-state index contributed by atoms with van der Waals surface area (Å²) in [5, 5.41) is 0. The summed E-state index contributed by atoms with van der Waals surface area (Å²) in [7, 11) is 0.368. The van der Waals surface area contributed by atoms with Crippen LogP contribution in [-0.4, -0.2) is 24.4 Å². The second kappa shape index (κ2) is 1.52. The molecule has 2 nitrogen and oxygen atoms in total. The third kappa shape index (κ3) is 0.601. The fourth-order valence-corrected chi connectivity index (χ4v) is 0.606. The first kappa shape index (κ1) is 3.47. The molecular weight excluding hydrogens is 88.1 g/mol. The van der Waals surface area contributed by atoms with E-state index in [-0.39, 0.29) is 0 Å². The highest BCUT2D eigenvalue weighted by Gasteiger charge is 2.09. The molecule has 1 aliphatic heterocycles. The maximum atomic E-state index is 6.94. The first-order valence-electron chi connectivity index (χ1n) is 3.16. The summed E-state index contributed by atoms with van der Waals surface area (Å²) < 4.78 is 6.94. The Morgan fingerprint density at radius 2 is 3.00 bits per heavy atom. The van der Waals surface area contributed by atoms with E-state index in [1.54, 1.807) is 0 Å². The molecule has 7 heavy (non-hydrogen) atoms. The third-order valence-corrected chi connectivity index (χ3v) is 1.11. The van der Waals surface area contributed by atoms with Crippen LogP contribution in [0.3, 0.4) is 0 Å². The van der Waals surface area contributed by atoms with Gasteiger partial charge in [-0.05, 0) is 0 Å². The summed E-state index contributed by atoms with van der Waals surface area (Å²) in [4.78, 5) is 6.01. The number of hydrogen-bond donors (Lipinski definition) is 0. The predicted octanol–water partition coefficient (Wildman–Crippen LogP) is 0.698. The van der Waals surface area contributed by atoms with Gasteiger partial charge in [-0.15, -0.1) is 0 Å². The van der Waals surface area contributed by atoms with Crippen LogP contribution in [0.1, 0.15) is 14.7 Å². The number of rotatable bonds is 1.